The lowest BCUT2D eigenvalue weighted by molar-refractivity contribution is -0.142. The average molecular weight is 282 g/mol. The highest BCUT2D eigenvalue weighted by molar-refractivity contribution is 5.94. The lowest BCUT2D eigenvalue weighted by Gasteiger charge is -2.38. The number of nitrogens with zero attached hydrogens (tertiary/aromatic N) is 1. The van der Waals surface area contributed by atoms with E-state index in [0.717, 1.165) is 19.3 Å². The van der Waals surface area contributed by atoms with Crippen LogP contribution in [0, 0.1) is 5.92 Å². The molecule has 2 rings (SSSR count). The van der Waals surface area contributed by atoms with Crippen molar-refractivity contribution in [1.82, 2.24) is 10.2 Å². The smallest absolute Gasteiger partial charge is 0.248 e. The Balaban J connectivity index is 2.23. The fourth-order valence-corrected chi connectivity index (χ4v) is 3.23. The van der Waals surface area contributed by atoms with Gasteiger partial charge < -0.3 is 15.0 Å². The van der Waals surface area contributed by atoms with Crippen LogP contribution in [0.25, 0.3) is 0 Å². The summed E-state index contributed by atoms with van der Waals surface area (Å²) in [6.07, 6.45) is 3.22. The second-order valence-electron chi connectivity index (χ2n) is 6.42. The molecule has 114 valence electrons. The minimum Gasteiger partial charge on any atom is -0.385 e. The fraction of sp³-hybridized carbons (Fsp3) is 0.867. The van der Waals surface area contributed by atoms with Crippen LogP contribution in [0.5, 0.6) is 0 Å². The van der Waals surface area contributed by atoms with E-state index in [4.69, 9.17) is 4.74 Å². The van der Waals surface area contributed by atoms with Crippen LogP contribution in [0.1, 0.15) is 46.5 Å². The summed E-state index contributed by atoms with van der Waals surface area (Å²) < 4.78 is 5.12. The third kappa shape index (κ3) is 2.82. The predicted octanol–water partition coefficient (Wildman–Crippen LogP) is 1.32. The molecule has 1 N–H and O–H groups in total. The highest BCUT2D eigenvalue weighted by atomic mass is 16.5. The zero-order chi connectivity index (χ0) is 14.9. The summed E-state index contributed by atoms with van der Waals surface area (Å²) in [6.45, 7) is 6.51. The van der Waals surface area contributed by atoms with Gasteiger partial charge in [-0.2, -0.15) is 0 Å². The molecule has 2 amide bonds. The van der Waals surface area contributed by atoms with Gasteiger partial charge in [-0.15, -0.1) is 0 Å². The number of hydrogen-bond donors (Lipinski definition) is 1. The molecule has 1 aliphatic heterocycles. The van der Waals surface area contributed by atoms with Crippen molar-refractivity contribution in [1.29, 1.82) is 0 Å². The van der Waals surface area contributed by atoms with Crippen LogP contribution in [-0.2, 0) is 14.3 Å². The van der Waals surface area contributed by atoms with Crippen LogP contribution in [0.3, 0.4) is 0 Å². The maximum absolute atomic E-state index is 13.0. The molecule has 0 aromatic carbocycles. The Morgan fingerprint density at radius 2 is 2.10 bits per heavy atom. The monoisotopic (exact) mass is 282 g/mol. The zero-order valence-corrected chi connectivity index (χ0v) is 12.9. The van der Waals surface area contributed by atoms with Crippen LogP contribution < -0.4 is 5.32 Å². The molecule has 0 aromatic rings. The molecule has 5 heteroatoms. The van der Waals surface area contributed by atoms with E-state index < -0.39 is 5.54 Å². The van der Waals surface area contributed by atoms with E-state index in [2.05, 4.69) is 5.32 Å². The third-order valence-corrected chi connectivity index (χ3v) is 4.64. The topological polar surface area (TPSA) is 58.6 Å². The summed E-state index contributed by atoms with van der Waals surface area (Å²) in [5.74, 6) is 0.352. The maximum Gasteiger partial charge on any atom is 0.248 e. The molecule has 20 heavy (non-hydrogen) atoms. The van der Waals surface area contributed by atoms with Gasteiger partial charge in [0.2, 0.25) is 11.8 Å². The van der Waals surface area contributed by atoms with Crippen molar-refractivity contribution in [3.8, 4) is 0 Å². The SMILES string of the molecule is COCCC(C)N1C(=O)C(C)(C2CC2)NC(=O)CC1C. The number of hydrogen-bond acceptors (Lipinski definition) is 3. The van der Waals surface area contributed by atoms with Crippen molar-refractivity contribution in [2.45, 2.75) is 64.1 Å². The van der Waals surface area contributed by atoms with Crippen LogP contribution >= 0.6 is 0 Å². The number of carbonyl (C=O) groups excluding carboxylic acids is 2. The standard InChI is InChI=1S/C15H26N2O3/c1-10(7-8-20-4)17-11(2)9-13(18)16-15(3,14(17)19)12-5-6-12/h10-12H,5-9H2,1-4H3,(H,16,18). The van der Waals surface area contributed by atoms with Gasteiger partial charge >= 0.3 is 0 Å². The van der Waals surface area contributed by atoms with Crippen LogP contribution in [0.15, 0.2) is 0 Å². The van der Waals surface area contributed by atoms with Crippen molar-refractivity contribution in [3.05, 3.63) is 0 Å². The van der Waals surface area contributed by atoms with Gasteiger partial charge in [0.05, 0.1) is 0 Å². The van der Waals surface area contributed by atoms with Crippen molar-refractivity contribution in [2.75, 3.05) is 13.7 Å². The fourth-order valence-electron chi connectivity index (χ4n) is 3.23. The van der Waals surface area contributed by atoms with Crippen molar-refractivity contribution in [2.24, 2.45) is 5.92 Å². The molecule has 1 aliphatic carbocycles. The number of amides is 2. The van der Waals surface area contributed by atoms with E-state index in [-0.39, 0.29) is 23.9 Å². The summed E-state index contributed by atoms with van der Waals surface area (Å²) in [5.41, 5.74) is -0.719. The van der Waals surface area contributed by atoms with Gasteiger partial charge in [0.15, 0.2) is 0 Å². The molecule has 0 aromatic heterocycles. The summed E-state index contributed by atoms with van der Waals surface area (Å²) >= 11 is 0. The number of nitrogens with one attached hydrogen (secondary N) is 1. The number of rotatable bonds is 5. The Morgan fingerprint density at radius 1 is 1.45 bits per heavy atom. The quantitative estimate of drug-likeness (QED) is 0.827. The Labute approximate surface area is 121 Å². The second kappa shape index (κ2) is 5.72. The summed E-state index contributed by atoms with van der Waals surface area (Å²) in [7, 11) is 1.67. The number of carbonyl (C=O) groups is 2. The molecule has 0 bridgehead atoms. The van der Waals surface area contributed by atoms with Crippen molar-refractivity contribution >= 4 is 11.8 Å². The van der Waals surface area contributed by atoms with E-state index >= 15 is 0 Å². The van der Waals surface area contributed by atoms with E-state index in [1.165, 1.54) is 0 Å². The van der Waals surface area contributed by atoms with Crippen LogP contribution in [0.2, 0.25) is 0 Å². The molecule has 1 saturated heterocycles. The Hall–Kier alpha value is -1.10. The predicted molar refractivity (Wildman–Crippen MR) is 76.2 cm³/mol. The normalized spacial score (nSPS) is 32.8. The first kappa shape index (κ1) is 15.3. The van der Waals surface area contributed by atoms with Crippen molar-refractivity contribution < 1.29 is 14.3 Å². The molecule has 3 unspecified atom stereocenters. The average Bonchev–Trinajstić information content (AvgIpc) is 3.19. The van der Waals surface area contributed by atoms with Gasteiger partial charge in [0.1, 0.15) is 5.54 Å². The molecule has 2 aliphatic rings. The first-order valence-electron chi connectivity index (χ1n) is 7.53. The second-order valence-corrected chi connectivity index (χ2v) is 6.42. The van der Waals surface area contributed by atoms with Crippen LogP contribution in [0.4, 0.5) is 0 Å². The first-order chi connectivity index (χ1) is 9.40. The van der Waals surface area contributed by atoms with Gasteiger partial charge in [-0.05, 0) is 46.0 Å². The van der Waals surface area contributed by atoms with E-state index in [0.29, 0.717) is 18.9 Å². The molecule has 2 fully saturated rings. The summed E-state index contributed by atoms with van der Waals surface area (Å²) in [6, 6.07) is 0.0261. The minimum atomic E-state index is -0.719. The summed E-state index contributed by atoms with van der Waals surface area (Å²) in [4.78, 5) is 26.9. The Kier molecular flexibility index (Phi) is 4.37. The highest BCUT2D eigenvalue weighted by Crippen LogP contribution is 2.42. The molecule has 1 heterocycles. The minimum absolute atomic E-state index is 0.0123. The van der Waals surface area contributed by atoms with Crippen LogP contribution in [-0.4, -0.2) is 48.1 Å². The molecule has 5 nitrogen and oxygen atoms in total. The van der Waals surface area contributed by atoms with E-state index in [9.17, 15) is 9.59 Å². The molecule has 0 radical (unpaired) electrons. The zero-order valence-electron chi connectivity index (χ0n) is 12.9. The third-order valence-electron chi connectivity index (χ3n) is 4.64. The van der Waals surface area contributed by atoms with Gasteiger partial charge in [0, 0.05) is 32.2 Å². The van der Waals surface area contributed by atoms with Gasteiger partial charge in [-0.1, -0.05) is 0 Å². The number of methoxy groups -OCH3 is 1. The highest BCUT2D eigenvalue weighted by Gasteiger charge is 2.52. The molecule has 3 atom stereocenters. The lowest BCUT2D eigenvalue weighted by Crippen LogP contribution is -2.59. The molecular weight excluding hydrogens is 256 g/mol. The maximum atomic E-state index is 13.0. The van der Waals surface area contributed by atoms with Crippen molar-refractivity contribution in [3.63, 3.8) is 0 Å². The van der Waals surface area contributed by atoms with E-state index in [1.54, 1.807) is 7.11 Å². The molecular formula is C15H26N2O3. The van der Waals surface area contributed by atoms with Gasteiger partial charge in [-0.25, -0.2) is 0 Å². The Morgan fingerprint density at radius 3 is 2.65 bits per heavy atom. The Bertz CT molecular complexity index is 395. The number of ether oxygens (including phenoxy) is 1. The van der Waals surface area contributed by atoms with Gasteiger partial charge in [-0.3, -0.25) is 9.59 Å². The molecule has 0 spiro atoms. The molecule has 1 saturated carbocycles. The van der Waals surface area contributed by atoms with E-state index in [1.807, 2.05) is 25.7 Å². The lowest BCUT2D eigenvalue weighted by atomic mass is 9.93. The largest absolute Gasteiger partial charge is 0.385 e. The van der Waals surface area contributed by atoms with Gasteiger partial charge in [0.25, 0.3) is 0 Å². The summed E-state index contributed by atoms with van der Waals surface area (Å²) in [5, 5.41) is 2.98. The first-order valence-corrected chi connectivity index (χ1v) is 7.53.